The lowest BCUT2D eigenvalue weighted by Crippen LogP contribution is -2.38. The third-order valence-corrected chi connectivity index (χ3v) is 5.12. The Morgan fingerprint density at radius 1 is 1.03 bits per heavy atom. The molecule has 0 aliphatic rings. The summed E-state index contributed by atoms with van der Waals surface area (Å²) in [7, 11) is 0. The second-order valence-corrected chi connectivity index (χ2v) is 7.48. The van der Waals surface area contributed by atoms with Crippen LogP contribution < -0.4 is 5.32 Å². The summed E-state index contributed by atoms with van der Waals surface area (Å²) in [6.07, 6.45) is 9.94. The summed E-state index contributed by atoms with van der Waals surface area (Å²) in [5, 5.41) is 3.07. The average molecular weight is 406 g/mol. The smallest absolute Gasteiger partial charge is 0.274 e. The van der Waals surface area contributed by atoms with Crippen LogP contribution in [0.5, 0.6) is 0 Å². The van der Waals surface area contributed by atoms with Crippen LogP contribution in [0.1, 0.15) is 76.7 Å². The zero-order valence-corrected chi connectivity index (χ0v) is 18.7. The summed E-state index contributed by atoms with van der Waals surface area (Å²) >= 11 is 0. The summed E-state index contributed by atoms with van der Waals surface area (Å²) in [6, 6.07) is 0.141. The van der Waals surface area contributed by atoms with Crippen LogP contribution in [0.3, 0.4) is 0 Å². The maximum absolute atomic E-state index is 12.7. The molecule has 7 nitrogen and oxygen atoms in total. The van der Waals surface area contributed by atoms with Gasteiger partial charge in [0.15, 0.2) is 0 Å². The topological polar surface area (TPSA) is 78.4 Å². The van der Waals surface area contributed by atoms with E-state index in [1.54, 1.807) is 11.1 Å². The van der Waals surface area contributed by atoms with E-state index in [1.165, 1.54) is 12.4 Å². The van der Waals surface area contributed by atoms with E-state index >= 15 is 0 Å². The minimum absolute atomic E-state index is 0.00669. The van der Waals surface area contributed by atoms with E-state index in [-0.39, 0.29) is 17.9 Å². The van der Waals surface area contributed by atoms with Crippen molar-refractivity contribution in [3.05, 3.63) is 24.3 Å². The van der Waals surface area contributed by atoms with Crippen LogP contribution in [-0.4, -0.2) is 70.3 Å². The second-order valence-electron chi connectivity index (χ2n) is 7.48. The van der Waals surface area contributed by atoms with Crippen molar-refractivity contribution in [3.8, 4) is 0 Å². The van der Waals surface area contributed by atoms with Gasteiger partial charge in [-0.25, -0.2) is 4.98 Å². The number of hydrogen-bond acceptors (Lipinski definition) is 5. The van der Waals surface area contributed by atoms with E-state index in [1.807, 2.05) is 6.92 Å². The Kier molecular flexibility index (Phi) is 12.9. The molecule has 0 fully saturated rings. The van der Waals surface area contributed by atoms with Crippen molar-refractivity contribution in [2.45, 2.75) is 72.3 Å². The first-order chi connectivity index (χ1) is 14.0. The lowest BCUT2D eigenvalue weighted by Gasteiger charge is -2.23. The van der Waals surface area contributed by atoms with Crippen LogP contribution in [-0.2, 0) is 4.79 Å². The Labute approximate surface area is 176 Å². The number of carbonyl (C=O) groups excluding carboxylic acids is 2. The maximum Gasteiger partial charge on any atom is 0.274 e. The van der Waals surface area contributed by atoms with Crippen LogP contribution >= 0.6 is 0 Å². The Balaban J connectivity index is 2.46. The Hall–Kier alpha value is -2.02. The number of carbonyl (C=O) groups is 2. The minimum Gasteiger partial charge on any atom is -0.354 e. The zero-order valence-electron chi connectivity index (χ0n) is 18.7. The predicted octanol–water partition coefficient (Wildman–Crippen LogP) is 3.13. The molecular weight excluding hydrogens is 366 g/mol. The van der Waals surface area contributed by atoms with Crippen LogP contribution in [0.2, 0.25) is 0 Å². The van der Waals surface area contributed by atoms with Gasteiger partial charge in [0.25, 0.3) is 5.91 Å². The molecule has 164 valence electrons. The first-order valence-corrected chi connectivity index (χ1v) is 11.1. The third-order valence-electron chi connectivity index (χ3n) is 5.12. The fraction of sp³-hybridized carbons (Fsp3) is 0.727. The molecule has 1 N–H and O–H groups in total. The summed E-state index contributed by atoms with van der Waals surface area (Å²) in [5.74, 6) is -0.165. The molecule has 1 heterocycles. The minimum atomic E-state index is -0.158. The highest BCUT2D eigenvalue weighted by molar-refractivity contribution is 5.92. The van der Waals surface area contributed by atoms with Crippen LogP contribution in [0.4, 0.5) is 0 Å². The SMILES string of the molecule is CCCCCN(CCC(=O)NC(C)CCCN(CC)CC)C(=O)c1cnccn1. The monoisotopic (exact) mass is 405 g/mol. The number of rotatable bonds is 15. The normalized spacial score (nSPS) is 12.0. The molecule has 1 aromatic rings. The molecule has 1 atom stereocenters. The van der Waals surface area contributed by atoms with Gasteiger partial charge in [-0.1, -0.05) is 33.6 Å². The summed E-state index contributed by atoms with van der Waals surface area (Å²) in [6.45, 7) is 12.7. The Morgan fingerprint density at radius 3 is 2.41 bits per heavy atom. The lowest BCUT2D eigenvalue weighted by atomic mass is 10.1. The van der Waals surface area contributed by atoms with Gasteiger partial charge in [-0.15, -0.1) is 0 Å². The fourth-order valence-corrected chi connectivity index (χ4v) is 3.26. The zero-order chi connectivity index (χ0) is 21.5. The van der Waals surface area contributed by atoms with Crippen molar-refractivity contribution < 1.29 is 9.59 Å². The summed E-state index contributed by atoms with van der Waals surface area (Å²) in [5.41, 5.74) is 0.328. The summed E-state index contributed by atoms with van der Waals surface area (Å²) in [4.78, 5) is 37.3. The molecule has 29 heavy (non-hydrogen) atoms. The first kappa shape index (κ1) is 25.0. The van der Waals surface area contributed by atoms with Gasteiger partial charge in [0, 0.05) is 37.9 Å². The molecule has 0 bridgehead atoms. The number of unbranched alkanes of at least 4 members (excludes halogenated alkanes) is 2. The van der Waals surface area contributed by atoms with Crippen molar-refractivity contribution in [2.75, 3.05) is 32.7 Å². The Morgan fingerprint density at radius 2 is 1.79 bits per heavy atom. The number of amides is 2. The second kappa shape index (κ2) is 14.9. The molecule has 0 spiro atoms. The molecule has 1 unspecified atom stereocenters. The van der Waals surface area contributed by atoms with Gasteiger partial charge < -0.3 is 15.1 Å². The molecule has 1 rings (SSSR count). The van der Waals surface area contributed by atoms with Crippen LogP contribution in [0.25, 0.3) is 0 Å². The first-order valence-electron chi connectivity index (χ1n) is 11.1. The largest absolute Gasteiger partial charge is 0.354 e. The lowest BCUT2D eigenvalue weighted by molar-refractivity contribution is -0.121. The van der Waals surface area contributed by atoms with Gasteiger partial charge in [0.05, 0.1) is 6.20 Å². The van der Waals surface area contributed by atoms with Gasteiger partial charge >= 0.3 is 0 Å². The number of hydrogen-bond donors (Lipinski definition) is 1. The highest BCUT2D eigenvalue weighted by Gasteiger charge is 2.18. The third kappa shape index (κ3) is 10.4. The number of aromatic nitrogens is 2. The molecule has 0 aromatic carbocycles. The van der Waals surface area contributed by atoms with Gasteiger partial charge in [-0.3, -0.25) is 14.6 Å². The van der Waals surface area contributed by atoms with E-state index < -0.39 is 0 Å². The molecule has 1 aromatic heterocycles. The van der Waals surface area contributed by atoms with Crippen molar-refractivity contribution in [3.63, 3.8) is 0 Å². The van der Waals surface area contributed by atoms with Crippen LogP contribution in [0.15, 0.2) is 18.6 Å². The van der Waals surface area contributed by atoms with E-state index in [2.05, 4.69) is 41.0 Å². The van der Waals surface area contributed by atoms with E-state index in [0.717, 1.165) is 51.7 Å². The number of nitrogens with one attached hydrogen (secondary N) is 1. The molecule has 0 saturated carbocycles. The van der Waals surface area contributed by atoms with E-state index in [4.69, 9.17) is 0 Å². The Bertz CT molecular complexity index is 578. The molecular formula is C22H39N5O2. The fourth-order valence-electron chi connectivity index (χ4n) is 3.26. The molecule has 7 heteroatoms. The molecule has 0 radical (unpaired) electrons. The van der Waals surface area contributed by atoms with Crippen LogP contribution in [0, 0.1) is 0 Å². The molecule has 0 saturated heterocycles. The van der Waals surface area contributed by atoms with Crippen molar-refractivity contribution in [1.82, 2.24) is 25.1 Å². The number of nitrogens with zero attached hydrogens (tertiary/aromatic N) is 4. The maximum atomic E-state index is 12.7. The van der Waals surface area contributed by atoms with Gasteiger partial charge in [-0.05, 0) is 45.8 Å². The average Bonchev–Trinajstić information content (AvgIpc) is 2.73. The van der Waals surface area contributed by atoms with E-state index in [0.29, 0.717) is 25.2 Å². The predicted molar refractivity (Wildman–Crippen MR) is 117 cm³/mol. The van der Waals surface area contributed by atoms with Gasteiger partial charge in [0.1, 0.15) is 5.69 Å². The molecule has 0 aliphatic carbocycles. The van der Waals surface area contributed by atoms with Gasteiger partial charge in [-0.2, -0.15) is 0 Å². The highest BCUT2D eigenvalue weighted by Crippen LogP contribution is 2.06. The standard InChI is InChI=1S/C22H39N5O2/c1-5-8-9-16-27(22(29)20-18-23-13-14-24-20)17-12-21(28)25-19(4)11-10-15-26(6-2)7-3/h13-14,18-19H,5-12,15-17H2,1-4H3,(H,25,28). The van der Waals surface area contributed by atoms with Crippen molar-refractivity contribution >= 4 is 11.8 Å². The summed E-state index contributed by atoms with van der Waals surface area (Å²) < 4.78 is 0. The molecule has 2 amide bonds. The van der Waals surface area contributed by atoms with Crippen molar-refractivity contribution in [1.29, 1.82) is 0 Å². The van der Waals surface area contributed by atoms with Gasteiger partial charge in [0.2, 0.25) is 5.91 Å². The van der Waals surface area contributed by atoms with E-state index in [9.17, 15) is 9.59 Å². The highest BCUT2D eigenvalue weighted by atomic mass is 16.2. The quantitative estimate of drug-likeness (QED) is 0.454. The van der Waals surface area contributed by atoms with Crippen molar-refractivity contribution in [2.24, 2.45) is 0 Å². The molecule has 0 aliphatic heterocycles.